The fourth-order valence-corrected chi connectivity index (χ4v) is 4.34. The molecular weight excluding hydrogens is 413 g/mol. The van der Waals surface area contributed by atoms with E-state index in [0.717, 1.165) is 27.7 Å². The van der Waals surface area contributed by atoms with Gasteiger partial charge in [-0.15, -0.1) is 0 Å². The minimum Gasteiger partial charge on any atom is -0.495 e. The van der Waals surface area contributed by atoms with Crippen molar-refractivity contribution in [2.75, 3.05) is 20.3 Å². The van der Waals surface area contributed by atoms with Crippen molar-refractivity contribution in [3.63, 3.8) is 0 Å². The van der Waals surface area contributed by atoms with Gasteiger partial charge in [0, 0.05) is 40.8 Å². The number of H-pyrrole nitrogens is 1. The Kier molecular flexibility index (Phi) is 5.58. The summed E-state index contributed by atoms with van der Waals surface area (Å²) in [4.78, 5) is 17.8. The van der Waals surface area contributed by atoms with Crippen LogP contribution >= 0.6 is 23.2 Å². The van der Waals surface area contributed by atoms with Crippen molar-refractivity contribution >= 4 is 40.1 Å². The molecule has 0 spiro atoms. The Morgan fingerprint density at radius 2 is 2.17 bits per heavy atom. The number of aliphatic hydroxyl groups is 1. The van der Waals surface area contributed by atoms with Crippen LogP contribution in [-0.2, 0) is 13.0 Å². The van der Waals surface area contributed by atoms with Gasteiger partial charge in [-0.3, -0.25) is 0 Å². The second kappa shape index (κ2) is 8.14. The van der Waals surface area contributed by atoms with Gasteiger partial charge in [0.15, 0.2) is 0 Å². The Hall–Kier alpha value is -2.41. The van der Waals surface area contributed by atoms with Crippen LogP contribution in [-0.4, -0.2) is 41.3 Å². The van der Waals surface area contributed by atoms with E-state index in [9.17, 15) is 9.90 Å². The van der Waals surface area contributed by atoms with Gasteiger partial charge in [-0.25, -0.2) is 4.79 Å². The van der Waals surface area contributed by atoms with Crippen LogP contribution in [0.5, 0.6) is 5.75 Å². The molecule has 2 heterocycles. The number of rotatable bonds is 4. The number of aromatic amines is 1. The molecule has 1 aliphatic heterocycles. The number of benzene rings is 2. The van der Waals surface area contributed by atoms with Gasteiger partial charge in [0.2, 0.25) is 0 Å². The number of fused-ring (bicyclic) bond motifs is 3. The molecule has 6 nitrogen and oxygen atoms in total. The van der Waals surface area contributed by atoms with Crippen molar-refractivity contribution in [1.29, 1.82) is 0 Å². The van der Waals surface area contributed by atoms with E-state index in [2.05, 4.69) is 10.3 Å². The highest BCUT2D eigenvalue weighted by atomic mass is 35.5. The summed E-state index contributed by atoms with van der Waals surface area (Å²) in [5.74, 6) is 0.578. The third-order valence-electron chi connectivity index (χ3n) is 5.29. The molecule has 1 unspecified atom stereocenters. The normalized spacial score (nSPS) is 16.0. The van der Waals surface area contributed by atoms with Crippen molar-refractivity contribution < 1.29 is 14.6 Å². The highest BCUT2D eigenvalue weighted by molar-refractivity contribution is 6.33. The van der Waals surface area contributed by atoms with Crippen molar-refractivity contribution in [1.82, 2.24) is 15.2 Å². The molecular formula is C21H21Cl2N3O3. The number of hydrogen-bond donors (Lipinski definition) is 3. The van der Waals surface area contributed by atoms with Gasteiger partial charge in [-0.1, -0.05) is 35.3 Å². The molecule has 1 atom stereocenters. The van der Waals surface area contributed by atoms with E-state index >= 15 is 0 Å². The molecule has 1 aromatic heterocycles. The van der Waals surface area contributed by atoms with Crippen LogP contribution in [0, 0.1) is 0 Å². The number of amides is 2. The molecule has 152 valence electrons. The molecule has 3 N–H and O–H groups in total. The largest absolute Gasteiger partial charge is 0.495 e. The first kappa shape index (κ1) is 19.9. The zero-order valence-corrected chi connectivity index (χ0v) is 17.3. The number of ether oxygens (including phenoxy) is 1. The fourth-order valence-electron chi connectivity index (χ4n) is 3.89. The van der Waals surface area contributed by atoms with E-state index in [4.69, 9.17) is 27.9 Å². The molecule has 29 heavy (non-hydrogen) atoms. The molecule has 2 aromatic carbocycles. The maximum atomic E-state index is 12.8. The topological polar surface area (TPSA) is 77.6 Å². The maximum Gasteiger partial charge on any atom is 0.318 e. The summed E-state index contributed by atoms with van der Waals surface area (Å²) in [7, 11) is 1.57. The Morgan fingerprint density at radius 3 is 2.90 bits per heavy atom. The van der Waals surface area contributed by atoms with Gasteiger partial charge in [-0.2, -0.15) is 0 Å². The number of carbonyl (C=O) groups is 1. The second-order valence-corrected chi connectivity index (χ2v) is 7.82. The Labute approximate surface area is 178 Å². The van der Waals surface area contributed by atoms with Crippen molar-refractivity contribution in [3.8, 4) is 5.75 Å². The molecule has 3 aromatic rings. The Bertz CT molecular complexity index is 1070. The summed E-state index contributed by atoms with van der Waals surface area (Å²) in [5.41, 5.74) is 3.69. The van der Waals surface area contributed by atoms with Gasteiger partial charge >= 0.3 is 6.03 Å². The molecule has 0 bridgehead atoms. The first-order valence-corrected chi connectivity index (χ1v) is 10.0. The SMILES string of the molecule is COc1cc2[nH]c3c(c2cc1Cl)CCN(C(=O)NCc1cccc(Cl)c1)C3CO. The molecule has 0 saturated carbocycles. The number of carbonyl (C=O) groups excluding carboxylic acids is 1. The van der Waals surface area contributed by atoms with Crippen molar-refractivity contribution in [2.24, 2.45) is 0 Å². The molecule has 2 amide bonds. The summed E-state index contributed by atoms with van der Waals surface area (Å²) in [6.07, 6.45) is 0.666. The summed E-state index contributed by atoms with van der Waals surface area (Å²) < 4.78 is 5.29. The van der Waals surface area contributed by atoms with Crippen LogP contribution in [0.2, 0.25) is 10.0 Å². The van der Waals surface area contributed by atoms with E-state index < -0.39 is 6.04 Å². The van der Waals surface area contributed by atoms with E-state index in [1.165, 1.54) is 0 Å². The van der Waals surface area contributed by atoms with Crippen molar-refractivity contribution in [3.05, 3.63) is 63.3 Å². The number of methoxy groups -OCH3 is 1. The molecule has 0 saturated heterocycles. The standard InChI is InChI=1S/C21H21Cl2N3O3/c1-29-19-9-17-15(8-16(19)23)14-5-6-26(18(11-27)20(14)25-17)21(28)24-10-12-3-2-4-13(22)7-12/h2-4,7-9,18,25,27H,5-6,10-11H2,1H3,(H,24,28). The predicted molar refractivity (Wildman–Crippen MR) is 114 cm³/mol. The number of aliphatic hydroxyl groups excluding tert-OH is 1. The third kappa shape index (κ3) is 3.75. The van der Waals surface area contributed by atoms with Crippen LogP contribution in [0.15, 0.2) is 36.4 Å². The smallest absolute Gasteiger partial charge is 0.318 e. The average molecular weight is 434 g/mol. The zero-order chi connectivity index (χ0) is 20.5. The van der Waals surface area contributed by atoms with E-state index in [-0.39, 0.29) is 12.6 Å². The number of aromatic nitrogens is 1. The maximum absolute atomic E-state index is 12.8. The lowest BCUT2D eigenvalue weighted by Gasteiger charge is -2.34. The van der Waals surface area contributed by atoms with E-state index in [1.54, 1.807) is 18.1 Å². The summed E-state index contributed by atoms with van der Waals surface area (Å²) in [6, 6.07) is 10.4. The van der Waals surface area contributed by atoms with Gasteiger partial charge in [-0.05, 0) is 35.7 Å². The average Bonchev–Trinajstić information content (AvgIpc) is 3.08. The van der Waals surface area contributed by atoms with Crippen LogP contribution in [0.25, 0.3) is 10.9 Å². The molecule has 8 heteroatoms. The first-order chi connectivity index (χ1) is 14.0. The fraction of sp³-hybridized carbons (Fsp3) is 0.286. The number of hydrogen-bond acceptors (Lipinski definition) is 3. The second-order valence-electron chi connectivity index (χ2n) is 6.98. The van der Waals surface area contributed by atoms with Crippen LogP contribution in [0.1, 0.15) is 22.9 Å². The molecule has 0 radical (unpaired) electrons. The highest BCUT2D eigenvalue weighted by Gasteiger charge is 2.33. The van der Waals surface area contributed by atoms with E-state index in [0.29, 0.717) is 35.3 Å². The molecule has 1 aliphatic rings. The molecule has 4 rings (SSSR count). The number of nitrogens with one attached hydrogen (secondary N) is 2. The van der Waals surface area contributed by atoms with E-state index in [1.807, 2.05) is 30.3 Å². The summed E-state index contributed by atoms with van der Waals surface area (Å²) in [5, 5.41) is 15.1. The Balaban J connectivity index is 1.58. The number of halogens is 2. The molecule has 0 fully saturated rings. The lowest BCUT2D eigenvalue weighted by molar-refractivity contribution is 0.125. The summed E-state index contributed by atoms with van der Waals surface area (Å²) >= 11 is 12.3. The Morgan fingerprint density at radius 1 is 1.34 bits per heavy atom. The van der Waals surface area contributed by atoms with Gasteiger partial charge < -0.3 is 25.0 Å². The zero-order valence-electron chi connectivity index (χ0n) is 15.8. The van der Waals surface area contributed by atoms with Crippen LogP contribution < -0.4 is 10.1 Å². The number of nitrogens with zero attached hydrogens (tertiary/aromatic N) is 1. The minimum absolute atomic E-state index is 0.185. The number of urea groups is 1. The molecule has 0 aliphatic carbocycles. The lowest BCUT2D eigenvalue weighted by Crippen LogP contribution is -2.46. The summed E-state index contributed by atoms with van der Waals surface area (Å²) in [6.45, 7) is 0.673. The quantitative estimate of drug-likeness (QED) is 0.574. The monoisotopic (exact) mass is 433 g/mol. The predicted octanol–water partition coefficient (Wildman–Crippen LogP) is 4.28. The third-order valence-corrected chi connectivity index (χ3v) is 5.82. The van der Waals surface area contributed by atoms with Crippen molar-refractivity contribution in [2.45, 2.75) is 19.0 Å². The first-order valence-electron chi connectivity index (χ1n) is 9.29. The lowest BCUT2D eigenvalue weighted by atomic mass is 9.98. The minimum atomic E-state index is -0.463. The van der Waals surface area contributed by atoms with Gasteiger partial charge in [0.25, 0.3) is 0 Å². The van der Waals surface area contributed by atoms with Crippen LogP contribution in [0.3, 0.4) is 0 Å². The van der Waals surface area contributed by atoms with Gasteiger partial charge in [0.1, 0.15) is 5.75 Å². The van der Waals surface area contributed by atoms with Crippen LogP contribution in [0.4, 0.5) is 4.79 Å². The van der Waals surface area contributed by atoms with Gasteiger partial charge in [0.05, 0.1) is 24.8 Å². The highest BCUT2D eigenvalue weighted by Crippen LogP contribution is 2.38.